The smallest absolute Gasteiger partial charge is 0.308 e. The Morgan fingerprint density at radius 2 is 2.18 bits per heavy atom. The second-order valence-electron chi connectivity index (χ2n) is 2.64. The summed E-state index contributed by atoms with van der Waals surface area (Å²) in [6.07, 6.45) is 2.01. The molecule has 0 N–H and O–H groups in total. The molecule has 3 heteroatoms. The Kier molecular flexibility index (Phi) is 3.77. The van der Waals surface area contributed by atoms with Crippen LogP contribution in [0.5, 0.6) is 0 Å². The van der Waals surface area contributed by atoms with Crippen LogP contribution in [0.25, 0.3) is 0 Å². The van der Waals surface area contributed by atoms with Gasteiger partial charge in [0.05, 0.1) is 12.5 Å². The molecule has 0 atom stereocenters. The van der Waals surface area contributed by atoms with Crippen molar-refractivity contribution in [2.75, 3.05) is 18.1 Å². The van der Waals surface area contributed by atoms with Crippen molar-refractivity contribution >= 4 is 17.7 Å². The van der Waals surface area contributed by atoms with Crippen LogP contribution in [0, 0.1) is 5.92 Å². The largest absolute Gasteiger partial charge is 0.466 e. The van der Waals surface area contributed by atoms with Crippen LogP contribution in [-0.4, -0.2) is 24.1 Å². The number of hydrogen-bond acceptors (Lipinski definition) is 3. The van der Waals surface area contributed by atoms with Gasteiger partial charge in [-0.25, -0.2) is 0 Å². The predicted octanol–water partition coefficient (Wildman–Crippen LogP) is 1.69. The minimum absolute atomic E-state index is 0.00722. The molecule has 0 spiro atoms. The molecule has 64 valence electrons. The van der Waals surface area contributed by atoms with Gasteiger partial charge in [-0.15, -0.1) is 0 Å². The molecule has 2 nitrogen and oxygen atoms in total. The van der Waals surface area contributed by atoms with Crippen LogP contribution < -0.4 is 0 Å². The van der Waals surface area contributed by atoms with E-state index in [0.29, 0.717) is 6.61 Å². The molecule has 0 aliphatic carbocycles. The molecule has 0 amide bonds. The summed E-state index contributed by atoms with van der Waals surface area (Å²) in [7, 11) is 0. The molecule has 0 radical (unpaired) electrons. The molecule has 0 aromatic carbocycles. The van der Waals surface area contributed by atoms with Gasteiger partial charge in [-0.05, 0) is 31.3 Å². The zero-order chi connectivity index (χ0) is 8.10. The van der Waals surface area contributed by atoms with Gasteiger partial charge >= 0.3 is 5.97 Å². The summed E-state index contributed by atoms with van der Waals surface area (Å²) in [5.74, 6) is 2.43. The van der Waals surface area contributed by atoms with E-state index in [9.17, 15) is 4.79 Å². The van der Waals surface area contributed by atoms with Gasteiger partial charge in [0.15, 0.2) is 0 Å². The van der Waals surface area contributed by atoms with Gasteiger partial charge in [0.25, 0.3) is 0 Å². The van der Waals surface area contributed by atoms with Crippen molar-refractivity contribution in [1.82, 2.24) is 0 Å². The molecule has 0 unspecified atom stereocenters. The molecular formula is C8H14O2S. The van der Waals surface area contributed by atoms with E-state index in [2.05, 4.69) is 0 Å². The average molecular weight is 174 g/mol. The molecule has 11 heavy (non-hydrogen) atoms. The van der Waals surface area contributed by atoms with Gasteiger partial charge in [-0.1, -0.05) is 0 Å². The van der Waals surface area contributed by atoms with Crippen LogP contribution in [0.2, 0.25) is 0 Å². The Balaban J connectivity index is 2.27. The highest BCUT2D eigenvalue weighted by Crippen LogP contribution is 2.23. The standard InChI is InChI=1S/C8H14O2S/c1-2-10-8(9)7-3-5-11-6-4-7/h7H,2-6H2,1H3. The maximum Gasteiger partial charge on any atom is 0.308 e. The Bertz CT molecular complexity index is 130. The van der Waals surface area contributed by atoms with E-state index < -0.39 is 0 Å². The number of hydrogen-bond donors (Lipinski definition) is 0. The molecule has 0 bridgehead atoms. The molecule has 1 rings (SSSR count). The first kappa shape index (κ1) is 8.91. The fourth-order valence-corrected chi connectivity index (χ4v) is 2.30. The van der Waals surface area contributed by atoms with Crippen molar-refractivity contribution in [3.8, 4) is 0 Å². The topological polar surface area (TPSA) is 26.3 Å². The van der Waals surface area contributed by atoms with Crippen LogP contribution in [0.15, 0.2) is 0 Å². The summed E-state index contributed by atoms with van der Waals surface area (Å²) in [6.45, 7) is 2.37. The first-order valence-corrected chi connectivity index (χ1v) is 5.24. The summed E-state index contributed by atoms with van der Waals surface area (Å²) in [5, 5.41) is 0. The lowest BCUT2D eigenvalue weighted by Gasteiger charge is -2.18. The minimum Gasteiger partial charge on any atom is -0.466 e. The van der Waals surface area contributed by atoms with E-state index >= 15 is 0 Å². The van der Waals surface area contributed by atoms with Crippen LogP contribution in [0.3, 0.4) is 0 Å². The molecule has 1 heterocycles. The van der Waals surface area contributed by atoms with Gasteiger partial charge in [-0.2, -0.15) is 11.8 Å². The summed E-state index contributed by atoms with van der Waals surface area (Å²) in [4.78, 5) is 11.2. The SMILES string of the molecule is CCOC(=O)C1CCSCC1. The maximum atomic E-state index is 11.2. The van der Waals surface area contributed by atoms with Crippen molar-refractivity contribution in [1.29, 1.82) is 0 Å². The zero-order valence-electron chi connectivity index (χ0n) is 6.84. The number of carbonyl (C=O) groups is 1. The third kappa shape index (κ3) is 2.73. The van der Waals surface area contributed by atoms with Crippen LogP contribution in [0.1, 0.15) is 19.8 Å². The lowest BCUT2D eigenvalue weighted by molar-refractivity contribution is -0.148. The third-order valence-corrected chi connectivity index (χ3v) is 2.89. The Hall–Kier alpha value is -0.180. The first-order chi connectivity index (χ1) is 5.34. The van der Waals surface area contributed by atoms with E-state index in [0.717, 1.165) is 24.3 Å². The zero-order valence-corrected chi connectivity index (χ0v) is 7.65. The number of ether oxygens (including phenoxy) is 1. The number of esters is 1. The van der Waals surface area contributed by atoms with Crippen LogP contribution in [0.4, 0.5) is 0 Å². The molecule has 1 aliphatic heterocycles. The fraction of sp³-hybridized carbons (Fsp3) is 0.875. The van der Waals surface area contributed by atoms with Gasteiger partial charge in [0.1, 0.15) is 0 Å². The van der Waals surface area contributed by atoms with Crippen molar-refractivity contribution < 1.29 is 9.53 Å². The first-order valence-electron chi connectivity index (χ1n) is 4.09. The lowest BCUT2D eigenvalue weighted by Crippen LogP contribution is -2.21. The maximum absolute atomic E-state index is 11.2. The van der Waals surface area contributed by atoms with Gasteiger partial charge in [0.2, 0.25) is 0 Å². The average Bonchev–Trinajstić information content (AvgIpc) is 2.07. The highest BCUT2D eigenvalue weighted by atomic mass is 32.2. The van der Waals surface area contributed by atoms with Gasteiger partial charge in [0, 0.05) is 0 Å². The Morgan fingerprint density at radius 3 is 2.73 bits per heavy atom. The molecule has 0 aromatic heterocycles. The Morgan fingerprint density at radius 1 is 1.55 bits per heavy atom. The van der Waals surface area contributed by atoms with Crippen molar-refractivity contribution in [3.63, 3.8) is 0 Å². The summed E-state index contributed by atoms with van der Waals surface area (Å²) in [6, 6.07) is 0. The lowest BCUT2D eigenvalue weighted by atomic mass is 10.0. The van der Waals surface area contributed by atoms with E-state index in [4.69, 9.17) is 4.74 Å². The summed E-state index contributed by atoms with van der Waals surface area (Å²) >= 11 is 1.93. The Labute approximate surface area is 71.7 Å². The number of rotatable bonds is 2. The van der Waals surface area contributed by atoms with E-state index in [1.54, 1.807) is 0 Å². The normalized spacial score (nSPS) is 19.7. The van der Waals surface area contributed by atoms with E-state index in [1.165, 1.54) is 0 Å². The minimum atomic E-state index is 0.00722. The molecule has 1 aliphatic rings. The highest BCUT2D eigenvalue weighted by molar-refractivity contribution is 7.99. The third-order valence-electron chi connectivity index (χ3n) is 1.84. The predicted molar refractivity (Wildman–Crippen MR) is 46.7 cm³/mol. The van der Waals surface area contributed by atoms with Crippen molar-refractivity contribution in [2.45, 2.75) is 19.8 Å². The highest BCUT2D eigenvalue weighted by Gasteiger charge is 2.21. The molecule has 0 saturated carbocycles. The van der Waals surface area contributed by atoms with E-state index in [1.807, 2.05) is 18.7 Å². The molecule has 1 fully saturated rings. The number of carbonyl (C=O) groups excluding carboxylic acids is 1. The molecular weight excluding hydrogens is 160 g/mol. The van der Waals surface area contributed by atoms with E-state index in [-0.39, 0.29) is 11.9 Å². The fourth-order valence-electron chi connectivity index (χ4n) is 1.19. The van der Waals surface area contributed by atoms with Crippen LogP contribution >= 0.6 is 11.8 Å². The number of thioether (sulfide) groups is 1. The van der Waals surface area contributed by atoms with Crippen LogP contribution in [-0.2, 0) is 9.53 Å². The quantitative estimate of drug-likeness (QED) is 0.596. The molecule has 1 saturated heterocycles. The summed E-state index contributed by atoms with van der Waals surface area (Å²) in [5.41, 5.74) is 0. The second kappa shape index (κ2) is 4.65. The molecule has 0 aromatic rings. The van der Waals surface area contributed by atoms with Gasteiger partial charge < -0.3 is 4.74 Å². The van der Waals surface area contributed by atoms with Crippen molar-refractivity contribution in [2.24, 2.45) is 5.92 Å². The monoisotopic (exact) mass is 174 g/mol. The second-order valence-corrected chi connectivity index (χ2v) is 3.86. The van der Waals surface area contributed by atoms with Gasteiger partial charge in [-0.3, -0.25) is 4.79 Å². The summed E-state index contributed by atoms with van der Waals surface area (Å²) < 4.78 is 4.93. The van der Waals surface area contributed by atoms with Crippen molar-refractivity contribution in [3.05, 3.63) is 0 Å².